The minimum atomic E-state index is -0.706. The molecule has 0 unspecified atom stereocenters. The van der Waals surface area contributed by atoms with Gasteiger partial charge in [0.2, 0.25) is 0 Å². The van der Waals surface area contributed by atoms with E-state index in [0.717, 1.165) is 115 Å². The molecule has 0 fully saturated rings. The van der Waals surface area contributed by atoms with Crippen LogP contribution in [0.25, 0.3) is 0 Å². The maximum absolute atomic E-state index is 7.54. The predicted molar refractivity (Wildman–Crippen MR) is 406 cm³/mol. The molecule has 0 spiro atoms. The van der Waals surface area contributed by atoms with Crippen LogP contribution in [0.3, 0.4) is 0 Å². The highest BCUT2D eigenvalue weighted by Crippen LogP contribution is 2.46. The van der Waals surface area contributed by atoms with Crippen LogP contribution in [0.2, 0.25) is 0 Å². The van der Waals surface area contributed by atoms with E-state index in [2.05, 4.69) is 303 Å². The molecule has 2 aromatic heterocycles. The number of aromatic nitrogens is 2. The van der Waals surface area contributed by atoms with Crippen LogP contribution in [0.15, 0.2) is 206 Å². The lowest BCUT2D eigenvalue weighted by Gasteiger charge is -2.29. The van der Waals surface area contributed by atoms with Gasteiger partial charge in [0.25, 0.3) is 0 Å². The van der Waals surface area contributed by atoms with Crippen molar-refractivity contribution in [1.82, 2.24) is 9.97 Å². The van der Waals surface area contributed by atoms with Gasteiger partial charge in [0.1, 0.15) is 36.2 Å². The molecule has 1 aliphatic carbocycles. The molecule has 11 rings (SSSR count). The van der Waals surface area contributed by atoms with Crippen molar-refractivity contribution in [3.8, 4) is 23.0 Å². The van der Waals surface area contributed by atoms with Crippen LogP contribution in [0.4, 0.5) is 0 Å². The Balaban J connectivity index is 1.09. The van der Waals surface area contributed by atoms with Gasteiger partial charge in [0.05, 0.1) is 24.6 Å². The van der Waals surface area contributed by atoms with Gasteiger partial charge in [0.15, 0.2) is 0 Å². The van der Waals surface area contributed by atoms with Gasteiger partial charge in [-0.15, -0.1) is 0 Å². The van der Waals surface area contributed by atoms with E-state index in [1.54, 1.807) is 0 Å². The second-order valence-corrected chi connectivity index (χ2v) is 34.6. The zero-order valence-electron chi connectivity index (χ0n) is 59.5. The number of benzene rings is 8. The summed E-state index contributed by atoms with van der Waals surface area (Å²) in [5.41, 5.74) is 17.2. The average Bonchev–Trinajstić information content (AvgIpc) is 0.766. The standard InChI is InChI=1S/C88H100N2O4P2/c1-15-43-91-81-61-45-65-53-71(87(9,10)11)55-67(83(65)93-57-73-31-29-33-75(89-73)59-95(77-35-21-17-22-36-77)78-37-23-18-24-38-78)47-63-51-70(86(6,7)8)52-64(82(63)92-44-16-2)48-68-56-72(88(12,13)14)54-66(46-62(81)50-69(49-61)85(3,4)5)84(68)94-58-74-32-30-34-76(90-74)60-96(79-39-25-19-26-40-79)80-41-27-20-28-42-80/h17-42,49-56H,15-16,43-48,57-60H2,1-14H3. The van der Waals surface area contributed by atoms with Crippen LogP contribution in [-0.4, -0.2) is 23.2 Å². The van der Waals surface area contributed by atoms with Gasteiger partial charge in [-0.1, -0.05) is 279 Å². The molecule has 8 bridgehead atoms. The Morgan fingerprint density at radius 1 is 0.292 bits per heavy atom. The Hall–Kier alpha value is -7.88. The zero-order chi connectivity index (χ0) is 67.8. The number of pyridine rings is 2. The molecule has 0 radical (unpaired) electrons. The van der Waals surface area contributed by atoms with E-state index in [1.807, 2.05) is 0 Å². The summed E-state index contributed by atoms with van der Waals surface area (Å²) in [6.07, 6.45) is 5.68. The summed E-state index contributed by atoms with van der Waals surface area (Å²) >= 11 is 0. The molecule has 496 valence electrons. The summed E-state index contributed by atoms with van der Waals surface area (Å²) in [6, 6.07) is 76.1. The maximum atomic E-state index is 7.54. The first kappa shape index (κ1) is 69.5. The molecule has 10 aromatic rings. The Morgan fingerprint density at radius 3 is 0.750 bits per heavy atom. The molecule has 6 nitrogen and oxygen atoms in total. The third-order valence-corrected chi connectivity index (χ3v) is 23.2. The van der Waals surface area contributed by atoms with E-state index in [-0.39, 0.29) is 21.7 Å². The molecule has 0 saturated carbocycles. The molecule has 0 N–H and O–H groups in total. The van der Waals surface area contributed by atoms with Crippen LogP contribution < -0.4 is 40.2 Å². The Kier molecular flexibility index (Phi) is 21.9. The summed E-state index contributed by atoms with van der Waals surface area (Å²) in [7, 11) is -1.41. The second kappa shape index (κ2) is 30.3. The van der Waals surface area contributed by atoms with E-state index in [9.17, 15) is 0 Å². The number of fused-ring (bicyclic) bond motifs is 8. The van der Waals surface area contributed by atoms with Crippen molar-refractivity contribution >= 4 is 37.1 Å². The maximum Gasteiger partial charge on any atom is 0.130 e. The molecular weight excluding hydrogens is 1210 g/mol. The molecule has 96 heavy (non-hydrogen) atoms. The number of hydrogen-bond donors (Lipinski definition) is 0. The van der Waals surface area contributed by atoms with Crippen molar-refractivity contribution in [2.45, 2.75) is 183 Å². The van der Waals surface area contributed by atoms with Gasteiger partial charge in [0, 0.05) is 49.4 Å². The minimum absolute atomic E-state index is 0.192. The molecule has 1 aliphatic rings. The molecule has 0 atom stereocenters. The largest absolute Gasteiger partial charge is 0.493 e. The van der Waals surface area contributed by atoms with Crippen molar-refractivity contribution in [3.05, 3.63) is 296 Å². The molecule has 2 heterocycles. The van der Waals surface area contributed by atoms with E-state index in [0.29, 0.717) is 52.1 Å². The van der Waals surface area contributed by atoms with Gasteiger partial charge < -0.3 is 18.9 Å². The van der Waals surface area contributed by atoms with Crippen molar-refractivity contribution in [3.63, 3.8) is 0 Å². The summed E-state index contributed by atoms with van der Waals surface area (Å²) in [5, 5.41) is 5.34. The summed E-state index contributed by atoms with van der Waals surface area (Å²) in [5.74, 6) is 3.63. The first-order valence-electron chi connectivity index (χ1n) is 34.8. The molecule has 8 heteroatoms. The molecular formula is C88H100N2O4P2. The fourth-order valence-electron chi connectivity index (χ4n) is 12.9. The van der Waals surface area contributed by atoms with Gasteiger partial charge >= 0.3 is 0 Å². The van der Waals surface area contributed by atoms with Gasteiger partial charge in [-0.2, -0.15) is 0 Å². The molecule has 0 aliphatic heterocycles. The Labute approximate surface area is 577 Å². The number of hydrogen-bond acceptors (Lipinski definition) is 6. The van der Waals surface area contributed by atoms with Gasteiger partial charge in [-0.25, -0.2) is 0 Å². The number of rotatable bonds is 20. The topological polar surface area (TPSA) is 62.7 Å². The summed E-state index contributed by atoms with van der Waals surface area (Å²) < 4.78 is 29.6. The predicted octanol–water partition coefficient (Wildman–Crippen LogP) is 20.3. The monoisotopic (exact) mass is 1310 g/mol. The lowest BCUT2D eigenvalue weighted by Crippen LogP contribution is -2.18. The Morgan fingerprint density at radius 2 is 0.521 bits per heavy atom. The quantitative estimate of drug-likeness (QED) is 0.0709. The third-order valence-electron chi connectivity index (χ3n) is 18.2. The van der Waals surface area contributed by atoms with Gasteiger partial charge in [-0.3, -0.25) is 9.97 Å². The molecule has 0 amide bonds. The van der Waals surface area contributed by atoms with Crippen LogP contribution in [-0.2, 0) is 72.9 Å². The Bertz CT molecular complexity index is 3800. The van der Waals surface area contributed by atoms with Crippen LogP contribution in [0, 0.1) is 0 Å². The van der Waals surface area contributed by atoms with Crippen molar-refractivity contribution in [2.75, 3.05) is 13.2 Å². The van der Waals surface area contributed by atoms with E-state index in [1.165, 1.54) is 43.5 Å². The number of ether oxygens (including phenoxy) is 4. The van der Waals surface area contributed by atoms with E-state index >= 15 is 0 Å². The van der Waals surface area contributed by atoms with Gasteiger partial charge in [-0.05, 0) is 163 Å². The SMILES string of the molecule is CCCOc1c2cc(C(C)(C)C)cc1Cc1cc(C(C)(C)C)cc(c1OCc1cccc(CP(c3ccccc3)c3ccccc3)n1)Cc1cc(C(C)(C)C)cc(c1OCCC)Cc1cc(C(C)(C)C)cc(c1OCc1cccc(CP(c3ccccc3)c3ccccc3)n1)C2. The summed E-state index contributed by atoms with van der Waals surface area (Å²) in [4.78, 5) is 10.9. The average molecular weight is 1310 g/mol. The molecule has 8 aromatic carbocycles. The normalized spacial score (nSPS) is 12.8. The minimum Gasteiger partial charge on any atom is -0.493 e. The van der Waals surface area contributed by atoms with Crippen molar-refractivity contribution in [2.24, 2.45) is 0 Å². The molecule has 0 saturated heterocycles. The zero-order valence-corrected chi connectivity index (χ0v) is 61.3. The van der Waals surface area contributed by atoms with E-state index in [4.69, 9.17) is 28.9 Å². The fraction of sp³-hybridized carbons (Fsp3) is 0.341. The smallest absolute Gasteiger partial charge is 0.130 e. The first-order chi connectivity index (χ1) is 46.0. The van der Waals surface area contributed by atoms with E-state index < -0.39 is 15.8 Å². The first-order valence-corrected chi connectivity index (χ1v) is 37.9. The van der Waals surface area contributed by atoms with Crippen molar-refractivity contribution < 1.29 is 18.9 Å². The highest BCUT2D eigenvalue weighted by molar-refractivity contribution is 7.72. The lowest BCUT2D eigenvalue weighted by atomic mass is 9.79. The highest BCUT2D eigenvalue weighted by atomic mass is 31.1. The fourth-order valence-corrected chi connectivity index (χ4v) is 17.3. The lowest BCUT2D eigenvalue weighted by molar-refractivity contribution is 0.292. The summed E-state index contributed by atoms with van der Waals surface area (Å²) in [6.45, 7) is 34.2. The van der Waals surface area contributed by atoms with Crippen LogP contribution in [0.1, 0.15) is 199 Å². The van der Waals surface area contributed by atoms with Crippen LogP contribution in [0.5, 0.6) is 23.0 Å². The second-order valence-electron chi connectivity index (χ2n) is 30.2. The van der Waals surface area contributed by atoms with Crippen molar-refractivity contribution in [1.29, 1.82) is 0 Å². The third kappa shape index (κ3) is 17.3. The highest BCUT2D eigenvalue weighted by Gasteiger charge is 2.31. The number of nitrogens with zero attached hydrogens (tertiary/aromatic N) is 2. The van der Waals surface area contributed by atoms with Crippen LogP contribution >= 0.6 is 15.8 Å².